The third-order valence-electron chi connectivity index (χ3n) is 3.79. The second-order valence-corrected chi connectivity index (χ2v) is 5.29. The molecule has 3 nitrogen and oxygen atoms in total. The molecule has 2 unspecified atom stereocenters. The van der Waals surface area contributed by atoms with E-state index in [1.807, 2.05) is 6.92 Å². The maximum Gasteiger partial charge on any atom is 0.225 e. The molecule has 0 aliphatic carbocycles. The van der Waals surface area contributed by atoms with Crippen LogP contribution in [-0.4, -0.2) is 29.9 Å². The molecular formula is C13H26N2O. The second kappa shape index (κ2) is 6.24. The number of amides is 1. The van der Waals surface area contributed by atoms with Crippen LogP contribution in [0.4, 0.5) is 0 Å². The van der Waals surface area contributed by atoms with E-state index < -0.39 is 0 Å². The van der Waals surface area contributed by atoms with Gasteiger partial charge in [0.05, 0.1) is 0 Å². The molecule has 0 spiro atoms. The Morgan fingerprint density at radius 2 is 2.12 bits per heavy atom. The van der Waals surface area contributed by atoms with Crippen LogP contribution in [0.15, 0.2) is 0 Å². The molecule has 0 aromatic carbocycles. The molecule has 1 rings (SSSR count). The van der Waals surface area contributed by atoms with Gasteiger partial charge >= 0.3 is 0 Å². The smallest absolute Gasteiger partial charge is 0.225 e. The largest absolute Gasteiger partial charge is 0.339 e. The second-order valence-electron chi connectivity index (χ2n) is 5.29. The van der Waals surface area contributed by atoms with Gasteiger partial charge in [-0.3, -0.25) is 4.79 Å². The number of nitrogens with zero attached hydrogens (tertiary/aromatic N) is 1. The first-order valence-electron chi connectivity index (χ1n) is 6.58. The molecule has 0 radical (unpaired) electrons. The van der Waals surface area contributed by atoms with Crippen molar-refractivity contribution < 1.29 is 4.79 Å². The molecule has 0 aromatic heterocycles. The molecule has 1 fully saturated rings. The van der Waals surface area contributed by atoms with Crippen LogP contribution in [0.25, 0.3) is 0 Å². The summed E-state index contributed by atoms with van der Waals surface area (Å²) in [7, 11) is 0. The highest BCUT2D eigenvalue weighted by Gasteiger charge is 2.31. The molecule has 2 atom stereocenters. The van der Waals surface area contributed by atoms with Gasteiger partial charge in [-0.05, 0) is 38.1 Å². The zero-order chi connectivity index (χ0) is 12.1. The van der Waals surface area contributed by atoms with Gasteiger partial charge in [-0.2, -0.15) is 0 Å². The van der Waals surface area contributed by atoms with Crippen LogP contribution in [-0.2, 0) is 4.79 Å². The highest BCUT2D eigenvalue weighted by Crippen LogP contribution is 2.25. The Kier molecular flexibility index (Phi) is 5.26. The van der Waals surface area contributed by atoms with E-state index in [0.29, 0.717) is 17.9 Å². The standard InChI is InChI=1S/C13H26N2O/c1-10(2)11(3)13(16)15-9-5-7-12(15)6-4-8-14/h10-12H,4-9,14H2,1-3H3. The third kappa shape index (κ3) is 3.21. The third-order valence-corrected chi connectivity index (χ3v) is 3.79. The van der Waals surface area contributed by atoms with Crippen LogP contribution < -0.4 is 5.73 Å². The summed E-state index contributed by atoms with van der Waals surface area (Å²) in [6.07, 6.45) is 4.43. The van der Waals surface area contributed by atoms with E-state index in [-0.39, 0.29) is 5.92 Å². The zero-order valence-corrected chi connectivity index (χ0v) is 10.9. The summed E-state index contributed by atoms with van der Waals surface area (Å²) in [5.41, 5.74) is 5.53. The fraction of sp³-hybridized carbons (Fsp3) is 0.923. The lowest BCUT2D eigenvalue weighted by atomic mass is 9.96. The van der Waals surface area contributed by atoms with E-state index in [0.717, 1.165) is 38.8 Å². The van der Waals surface area contributed by atoms with E-state index in [1.54, 1.807) is 0 Å². The first-order chi connectivity index (χ1) is 7.57. The quantitative estimate of drug-likeness (QED) is 0.779. The minimum atomic E-state index is 0.151. The molecule has 1 aliphatic heterocycles. The van der Waals surface area contributed by atoms with E-state index in [1.165, 1.54) is 0 Å². The molecule has 1 amide bonds. The first kappa shape index (κ1) is 13.5. The summed E-state index contributed by atoms with van der Waals surface area (Å²) >= 11 is 0. The van der Waals surface area contributed by atoms with E-state index in [9.17, 15) is 4.79 Å². The molecule has 1 aliphatic rings. The predicted molar refractivity (Wildman–Crippen MR) is 67.0 cm³/mol. The van der Waals surface area contributed by atoms with Crippen molar-refractivity contribution in [2.45, 2.75) is 52.5 Å². The van der Waals surface area contributed by atoms with Crippen LogP contribution in [0.3, 0.4) is 0 Å². The average molecular weight is 226 g/mol. The van der Waals surface area contributed by atoms with Crippen LogP contribution >= 0.6 is 0 Å². The van der Waals surface area contributed by atoms with E-state index in [4.69, 9.17) is 5.73 Å². The summed E-state index contributed by atoms with van der Waals surface area (Å²) in [5, 5.41) is 0. The number of hydrogen-bond acceptors (Lipinski definition) is 2. The summed E-state index contributed by atoms with van der Waals surface area (Å²) < 4.78 is 0. The fourth-order valence-corrected chi connectivity index (χ4v) is 2.33. The van der Waals surface area contributed by atoms with Crippen molar-refractivity contribution in [2.24, 2.45) is 17.6 Å². The van der Waals surface area contributed by atoms with E-state index >= 15 is 0 Å². The van der Waals surface area contributed by atoms with Gasteiger partial charge in [-0.25, -0.2) is 0 Å². The number of carbonyl (C=O) groups excluding carboxylic acids is 1. The lowest BCUT2D eigenvalue weighted by Crippen LogP contribution is -2.40. The van der Waals surface area contributed by atoms with E-state index in [2.05, 4.69) is 18.7 Å². The van der Waals surface area contributed by atoms with Gasteiger partial charge in [-0.1, -0.05) is 20.8 Å². The highest BCUT2D eigenvalue weighted by molar-refractivity contribution is 5.79. The lowest BCUT2D eigenvalue weighted by molar-refractivity contribution is -0.137. The minimum Gasteiger partial charge on any atom is -0.339 e. The molecular weight excluding hydrogens is 200 g/mol. The Labute approximate surface area is 99.4 Å². The molecule has 1 heterocycles. The molecule has 0 bridgehead atoms. The van der Waals surface area contributed by atoms with Crippen molar-refractivity contribution in [2.75, 3.05) is 13.1 Å². The van der Waals surface area contributed by atoms with Crippen molar-refractivity contribution in [3.63, 3.8) is 0 Å². The Balaban J connectivity index is 2.53. The molecule has 0 aromatic rings. The summed E-state index contributed by atoms with van der Waals surface area (Å²) in [4.78, 5) is 14.4. The number of likely N-dealkylation sites (tertiary alicyclic amines) is 1. The number of hydrogen-bond donors (Lipinski definition) is 1. The Hall–Kier alpha value is -0.570. The van der Waals surface area contributed by atoms with Gasteiger partial charge < -0.3 is 10.6 Å². The van der Waals surface area contributed by atoms with Crippen LogP contribution in [0.1, 0.15) is 46.5 Å². The fourth-order valence-electron chi connectivity index (χ4n) is 2.33. The predicted octanol–water partition coefficient (Wildman–Crippen LogP) is 2.01. The normalized spacial score (nSPS) is 22.8. The number of nitrogens with two attached hydrogens (primary N) is 1. The molecule has 0 saturated carbocycles. The van der Waals surface area contributed by atoms with Crippen molar-refractivity contribution in [1.29, 1.82) is 0 Å². The minimum absolute atomic E-state index is 0.151. The van der Waals surface area contributed by atoms with Crippen molar-refractivity contribution in [3.05, 3.63) is 0 Å². The van der Waals surface area contributed by atoms with Gasteiger partial charge in [0.15, 0.2) is 0 Å². The monoisotopic (exact) mass is 226 g/mol. The highest BCUT2D eigenvalue weighted by atomic mass is 16.2. The van der Waals surface area contributed by atoms with Gasteiger partial charge in [0.1, 0.15) is 0 Å². The van der Waals surface area contributed by atoms with Crippen molar-refractivity contribution in [1.82, 2.24) is 4.90 Å². The molecule has 2 N–H and O–H groups in total. The molecule has 3 heteroatoms. The molecule has 1 saturated heterocycles. The van der Waals surface area contributed by atoms with Crippen molar-refractivity contribution in [3.8, 4) is 0 Å². The topological polar surface area (TPSA) is 46.3 Å². The summed E-state index contributed by atoms with van der Waals surface area (Å²) in [6, 6.07) is 0.456. The average Bonchev–Trinajstić information content (AvgIpc) is 2.72. The van der Waals surface area contributed by atoms with Crippen molar-refractivity contribution >= 4 is 5.91 Å². The Morgan fingerprint density at radius 1 is 1.44 bits per heavy atom. The van der Waals surface area contributed by atoms with Gasteiger partial charge in [0.2, 0.25) is 5.91 Å². The molecule has 16 heavy (non-hydrogen) atoms. The Morgan fingerprint density at radius 3 is 2.69 bits per heavy atom. The van der Waals surface area contributed by atoms with Gasteiger partial charge in [0.25, 0.3) is 0 Å². The summed E-state index contributed by atoms with van der Waals surface area (Å²) in [6.45, 7) is 7.97. The number of carbonyl (C=O) groups is 1. The van der Waals surface area contributed by atoms with Crippen LogP contribution in [0.2, 0.25) is 0 Å². The Bertz CT molecular complexity index is 228. The lowest BCUT2D eigenvalue weighted by Gasteiger charge is -2.29. The SMILES string of the molecule is CC(C)C(C)C(=O)N1CCCC1CCCN. The van der Waals surface area contributed by atoms with Gasteiger partial charge in [0, 0.05) is 18.5 Å². The first-order valence-corrected chi connectivity index (χ1v) is 6.58. The molecule has 94 valence electrons. The number of rotatable bonds is 5. The van der Waals surface area contributed by atoms with Crippen LogP contribution in [0.5, 0.6) is 0 Å². The summed E-state index contributed by atoms with van der Waals surface area (Å²) in [5.74, 6) is 0.927. The zero-order valence-electron chi connectivity index (χ0n) is 10.9. The maximum absolute atomic E-state index is 12.3. The van der Waals surface area contributed by atoms with Crippen LogP contribution in [0, 0.1) is 11.8 Å². The van der Waals surface area contributed by atoms with Gasteiger partial charge in [-0.15, -0.1) is 0 Å². The maximum atomic E-state index is 12.3.